The number of benzene rings is 1. The molecular formula is C19H30N2O3S. The molecule has 1 aromatic carbocycles. The molecule has 0 saturated carbocycles. The molecule has 0 aromatic heterocycles. The number of hydrogen-bond donors (Lipinski definition) is 1. The lowest BCUT2D eigenvalue weighted by molar-refractivity contribution is -0.127. The lowest BCUT2D eigenvalue weighted by atomic mass is 9.90. The van der Waals surface area contributed by atoms with E-state index in [-0.39, 0.29) is 23.8 Å². The van der Waals surface area contributed by atoms with Gasteiger partial charge in [0.15, 0.2) is 0 Å². The van der Waals surface area contributed by atoms with E-state index in [4.69, 9.17) is 0 Å². The summed E-state index contributed by atoms with van der Waals surface area (Å²) in [5.74, 6) is 0.193. The number of rotatable bonds is 5. The van der Waals surface area contributed by atoms with Crippen LogP contribution in [0.5, 0.6) is 0 Å². The Hall–Kier alpha value is -1.40. The molecule has 1 heterocycles. The number of carbonyl (C=O) groups excluding carboxylic acids is 1. The van der Waals surface area contributed by atoms with Gasteiger partial charge >= 0.3 is 0 Å². The molecule has 2 rings (SSSR count). The predicted molar refractivity (Wildman–Crippen MR) is 101 cm³/mol. The molecule has 1 amide bonds. The summed E-state index contributed by atoms with van der Waals surface area (Å²) in [5.41, 5.74) is 3.55. The minimum absolute atomic E-state index is 0.0268. The molecule has 0 radical (unpaired) electrons. The van der Waals surface area contributed by atoms with Gasteiger partial charge in [-0.15, -0.1) is 0 Å². The fraction of sp³-hybridized carbons (Fsp3) is 0.632. The Morgan fingerprint density at radius 1 is 1.20 bits per heavy atom. The van der Waals surface area contributed by atoms with Crippen LogP contribution in [0.2, 0.25) is 0 Å². The number of nitrogens with one attached hydrogen (secondary N) is 1. The Kier molecular flexibility index (Phi) is 6.27. The van der Waals surface area contributed by atoms with E-state index in [1.807, 2.05) is 0 Å². The van der Waals surface area contributed by atoms with Gasteiger partial charge in [0.05, 0.1) is 12.3 Å². The third-order valence-electron chi connectivity index (χ3n) is 5.02. The van der Waals surface area contributed by atoms with Crippen LogP contribution in [0, 0.1) is 25.7 Å². The van der Waals surface area contributed by atoms with Gasteiger partial charge in [0.1, 0.15) is 0 Å². The molecule has 0 aliphatic carbocycles. The van der Waals surface area contributed by atoms with Crippen molar-refractivity contribution in [3.63, 3.8) is 0 Å². The average Bonchev–Trinajstić information content (AvgIpc) is 2.52. The fourth-order valence-electron chi connectivity index (χ4n) is 3.50. The zero-order valence-electron chi connectivity index (χ0n) is 15.9. The first kappa shape index (κ1) is 19.9. The molecule has 1 aliphatic rings. The van der Waals surface area contributed by atoms with Crippen molar-refractivity contribution in [2.45, 2.75) is 46.6 Å². The van der Waals surface area contributed by atoms with E-state index in [0.717, 1.165) is 5.56 Å². The van der Waals surface area contributed by atoms with Crippen molar-refractivity contribution < 1.29 is 13.2 Å². The number of sulfonamides is 1. The van der Waals surface area contributed by atoms with Gasteiger partial charge in [-0.1, -0.05) is 37.6 Å². The smallest absolute Gasteiger partial charge is 0.223 e. The normalized spacial score (nSPS) is 18.3. The second-order valence-corrected chi connectivity index (χ2v) is 9.51. The molecule has 1 N–H and O–H groups in total. The second-order valence-electron chi connectivity index (χ2n) is 7.53. The largest absolute Gasteiger partial charge is 0.349 e. The van der Waals surface area contributed by atoms with Gasteiger partial charge in [-0.25, -0.2) is 12.7 Å². The van der Waals surface area contributed by atoms with Gasteiger partial charge in [0.25, 0.3) is 0 Å². The number of aryl methyl sites for hydroxylation is 2. The highest BCUT2D eigenvalue weighted by Gasteiger charge is 2.30. The first-order valence-corrected chi connectivity index (χ1v) is 10.8. The van der Waals surface area contributed by atoms with E-state index in [1.165, 1.54) is 21.7 Å². The van der Waals surface area contributed by atoms with Crippen molar-refractivity contribution in [3.8, 4) is 0 Å². The van der Waals surface area contributed by atoms with Crippen molar-refractivity contribution in [3.05, 3.63) is 34.9 Å². The van der Waals surface area contributed by atoms with Crippen LogP contribution in [0.15, 0.2) is 18.2 Å². The SMILES string of the molecule is Cc1ccc([C@H](NC(=O)C2CCN(S(C)(=O)=O)CC2)C(C)C)c(C)c1. The Balaban J connectivity index is 2.07. The van der Waals surface area contributed by atoms with Crippen LogP contribution in [0.1, 0.15) is 49.4 Å². The van der Waals surface area contributed by atoms with Crippen molar-refractivity contribution in [2.24, 2.45) is 11.8 Å². The van der Waals surface area contributed by atoms with Crippen LogP contribution in [0.25, 0.3) is 0 Å². The minimum Gasteiger partial charge on any atom is -0.349 e. The summed E-state index contributed by atoms with van der Waals surface area (Å²) in [6.07, 6.45) is 2.38. The third-order valence-corrected chi connectivity index (χ3v) is 6.32. The maximum absolute atomic E-state index is 12.7. The number of carbonyl (C=O) groups is 1. The van der Waals surface area contributed by atoms with Gasteiger partial charge in [-0.2, -0.15) is 0 Å². The molecule has 0 spiro atoms. The molecule has 1 saturated heterocycles. The molecule has 0 bridgehead atoms. The topological polar surface area (TPSA) is 66.5 Å². The molecule has 6 heteroatoms. The zero-order valence-corrected chi connectivity index (χ0v) is 16.7. The molecule has 140 valence electrons. The van der Waals surface area contributed by atoms with E-state index in [9.17, 15) is 13.2 Å². The minimum atomic E-state index is -3.16. The van der Waals surface area contributed by atoms with E-state index in [2.05, 4.69) is 51.2 Å². The average molecular weight is 367 g/mol. The summed E-state index contributed by atoms with van der Waals surface area (Å²) in [6, 6.07) is 6.29. The Labute approximate surface area is 151 Å². The number of piperidine rings is 1. The first-order valence-electron chi connectivity index (χ1n) is 8.92. The van der Waals surface area contributed by atoms with E-state index in [1.54, 1.807) is 0 Å². The highest BCUT2D eigenvalue weighted by atomic mass is 32.2. The summed E-state index contributed by atoms with van der Waals surface area (Å²) < 4.78 is 24.7. The van der Waals surface area contributed by atoms with Gasteiger partial charge in [-0.3, -0.25) is 4.79 Å². The summed E-state index contributed by atoms with van der Waals surface area (Å²) in [7, 11) is -3.16. The molecule has 25 heavy (non-hydrogen) atoms. The predicted octanol–water partition coefficient (Wildman–Crippen LogP) is 2.79. The molecule has 1 aromatic rings. The zero-order chi connectivity index (χ0) is 18.8. The molecule has 1 atom stereocenters. The van der Waals surface area contributed by atoms with Crippen LogP contribution in [0.4, 0.5) is 0 Å². The summed E-state index contributed by atoms with van der Waals surface area (Å²) in [6.45, 7) is 9.20. The van der Waals surface area contributed by atoms with Crippen molar-refractivity contribution in [2.75, 3.05) is 19.3 Å². The van der Waals surface area contributed by atoms with Crippen LogP contribution in [0.3, 0.4) is 0 Å². The maximum Gasteiger partial charge on any atom is 0.223 e. The molecule has 1 aliphatic heterocycles. The summed E-state index contributed by atoms with van der Waals surface area (Å²) >= 11 is 0. The number of hydrogen-bond acceptors (Lipinski definition) is 3. The van der Waals surface area contributed by atoms with Gasteiger partial charge < -0.3 is 5.32 Å². The van der Waals surface area contributed by atoms with Crippen LogP contribution >= 0.6 is 0 Å². The van der Waals surface area contributed by atoms with E-state index >= 15 is 0 Å². The van der Waals surface area contributed by atoms with Gasteiger partial charge in [0, 0.05) is 19.0 Å². The number of nitrogens with zero attached hydrogens (tertiary/aromatic N) is 1. The monoisotopic (exact) mass is 366 g/mol. The Morgan fingerprint density at radius 3 is 2.28 bits per heavy atom. The van der Waals surface area contributed by atoms with E-state index in [0.29, 0.717) is 25.9 Å². The second kappa shape index (κ2) is 7.87. The highest BCUT2D eigenvalue weighted by Crippen LogP contribution is 2.27. The van der Waals surface area contributed by atoms with Gasteiger partial charge in [0.2, 0.25) is 15.9 Å². The standard InChI is InChI=1S/C19H30N2O3S/c1-13(2)18(17-7-6-14(3)12-15(17)4)20-19(22)16-8-10-21(11-9-16)25(5,23)24/h6-7,12-13,16,18H,8-11H2,1-5H3,(H,20,22)/t18-/m1/s1. The van der Waals surface area contributed by atoms with Crippen molar-refractivity contribution >= 4 is 15.9 Å². The maximum atomic E-state index is 12.7. The van der Waals surface area contributed by atoms with Crippen LogP contribution < -0.4 is 5.32 Å². The Morgan fingerprint density at radius 2 is 1.80 bits per heavy atom. The third kappa shape index (κ3) is 5.05. The first-order chi connectivity index (χ1) is 11.6. The molecule has 0 unspecified atom stereocenters. The highest BCUT2D eigenvalue weighted by molar-refractivity contribution is 7.88. The lowest BCUT2D eigenvalue weighted by Crippen LogP contribution is -2.44. The molecule has 5 nitrogen and oxygen atoms in total. The lowest BCUT2D eigenvalue weighted by Gasteiger charge is -2.32. The van der Waals surface area contributed by atoms with Crippen LogP contribution in [-0.4, -0.2) is 38.0 Å². The molecule has 1 fully saturated rings. The summed E-state index contributed by atoms with van der Waals surface area (Å²) in [5, 5.41) is 3.21. The van der Waals surface area contributed by atoms with Crippen LogP contribution in [-0.2, 0) is 14.8 Å². The van der Waals surface area contributed by atoms with E-state index < -0.39 is 10.0 Å². The fourth-order valence-corrected chi connectivity index (χ4v) is 4.37. The van der Waals surface area contributed by atoms with Gasteiger partial charge in [-0.05, 0) is 43.7 Å². The Bertz CT molecular complexity index is 720. The number of amides is 1. The van der Waals surface area contributed by atoms with Crippen molar-refractivity contribution in [1.29, 1.82) is 0 Å². The van der Waals surface area contributed by atoms with Crippen molar-refractivity contribution in [1.82, 2.24) is 9.62 Å². The summed E-state index contributed by atoms with van der Waals surface area (Å²) in [4.78, 5) is 12.7. The quantitative estimate of drug-likeness (QED) is 0.871. The molecular weight excluding hydrogens is 336 g/mol.